The van der Waals surface area contributed by atoms with E-state index in [4.69, 9.17) is 16.3 Å². The third-order valence-corrected chi connectivity index (χ3v) is 4.31. The molecule has 1 N–H and O–H groups in total. The maximum atomic E-state index is 12.4. The van der Waals surface area contributed by atoms with Gasteiger partial charge in [-0.05, 0) is 25.0 Å². The van der Waals surface area contributed by atoms with Gasteiger partial charge in [0.2, 0.25) is 0 Å². The van der Waals surface area contributed by atoms with Crippen molar-refractivity contribution in [3.63, 3.8) is 0 Å². The van der Waals surface area contributed by atoms with Crippen LogP contribution < -0.4 is 5.32 Å². The van der Waals surface area contributed by atoms with Gasteiger partial charge in [-0.15, -0.1) is 0 Å². The fourth-order valence-electron chi connectivity index (χ4n) is 2.49. The van der Waals surface area contributed by atoms with Crippen LogP contribution in [0, 0.1) is 10.1 Å². The van der Waals surface area contributed by atoms with E-state index in [9.17, 15) is 19.7 Å². The second-order valence-corrected chi connectivity index (χ2v) is 6.27. The number of nitro groups is 1. The first-order chi connectivity index (χ1) is 12.8. The lowest BCUT2D eigenvalue weighted by atomic mass is 9.97. The zero-order chi connectivity index (χ0) is 20.0. The number of ether oxygens (including phenoxy) is 1. The molecule has 0 aliphatic heterocycles. The van der Waals surface area contributed by atoms with Crippen molar-refractivity contribution in [2.75, 3.05) is 5.32 Å². The number of esters is 1. The molecule has 0 unspecified atom stereocenters. The molecule has 8 heteroatoms. The quantitative estimate of drug-likeness (QED) is 0.431. The van der Waals surface area contributed by atoms with E-state index in [-0.39, 0.29) is 16.4 Å². The predicted octanol–water partition coefficient (Wildman–Crippen LogP) is 4.31. The van der Waals surface area contributed by atoms with Gasteiger partial charge in [-0.2, -0.15) is 0 Å². The Balaban J connectivity index is 2.06. The Kier molecular flexibility index (Phi) is 6.90. The third-order valence-electron chi connectivity index (χ3n) is 3.98. The van der Waals surface area contributed by atoms with Crippen molar-refractivity contribution in [2.24, 2.45) is 0 Å². The minimum Gasteiger partial charge on any atom is -0.452 e. The summed E-state index contributed by atoms with van der Waals surface area (Å²) in [6.45, 7) is 3.28. The van der Waals surface area contributed by atoms with Crippen LogP contribution in [0.5, 0.6) is 0 Å². The molecule has 142 valence electrons. The number of non-ortho nitro benzene ring substituents is 1. The lowest BCUT2D eigenvalue weighted by Crippen LogP contribution is -2.31. The summed E-state index contributed by atoms with van der Waals surface area (Å²) in [4.78, 5) is 35.0. The molecule has 0 bridgehead atoms. The maximum absolute atomic E-state index is 12.4. The molecule has 7 nitrogen and oxygen atoms in total. The average molecular weight is 391 g/mol. The molecule has 2 aromatic rings. The van der Waals surface area contributed by atoms with Crippen LogP contribution in [0.3, 0.4) is 0 Å². The molecular formula is C19H19ClN2O5. The number of nitrogens with one attached hydrogen (secondary N) is 1. The number of rotatable bonds is 7. The van der Waals surface area contributed by atoms with E-state index in [1.54, 1.807) is 0 Å². The summed E-state index contributed by atoms with van der Waals surface area (Å²) in [6.07, 6.45) is -0.570. The molecule has 2 atom stereocenters. The molecule has 0 saturated carbocycles. The number of anilines is 1. The van der Waals surface area contributed by atoms with Gasteiger partial charge in [-0.25, -0.2) is 0 Å². The van der Waals surface area contributed by atoms with Gasteiger partial charge in [0.05, 0.1) is 21.6 Å². The van der Waals surface area contributed by atoms with E-state index >= 15 is 0 Å². The molecule has 0 fully saturated rings. The van der Waals surface area contributed by atoms with Crippen LogP contribution in [-0.4, -0.2) is 22.9 Å². The van der Waals surface area contributed by atoms with Gasteiger partial charge in [0.1, 0.15) is 0 Å². The molecule has 0 aliphatic rings. The summed E-state index contributed by atoms with van der Waals surface area (Å²) >= 11 is 5.96. The van der Waals surface area contributed by atoms with Crippen molar-refractivity contribution in [3.05, 3.63) is 69.2 Å². The van der Waals surface area contributed by atoms with Crippen molar-refractivity contribution in [3.8, 4) is 0 Å². The highest BCUT2D eigenvalue weighted by atomic mass is 35.5. The van der Waals surface area contributed by atoms with Gasteiger partial charge >= 0.3 is 5.97 Å². The molecule has 0 aliphatic carbocycles. The number of hydrogen-bond acceptors (Lipinski definition) is 5. The Morgan fingerprint density at radius 2 is 1.89 bits per heavy atom. The fraction of sp³-hybridized carbons (Fsp3) is 0.263. The van der Waals surface area contributed by atoms with Crippen LogP contribution in [0.2, 0.25) is 5.02 Å². The lowest BCUT2D eigenvalue weighted by Gasteiger charge is -2.18. The summed E-state index contributed by atoms with van der Waals surface area (Å²) in [5.74, 6) is -1.63. The van der Waals surface area contributed by atoms with Gasteiger partial charge in [0.25, 0.3) is 11.6 Å². The maximum Gasteiger partial charge on any atom is 0.314 e. The van der Waals surface area contributed by atoms with Crippen LogP contribution in [0.1, 0.15) is 31.7 Å². The van der Waals surface area contributed by atoms with Crippen molar-refractivity contribution in [1.29, 1.82) is 0 Å². The highest BCUT2D eigenvalue weighted by Gasteiger charge is 2.25. The number of amides is 1. The topological polar surface area (TPSA) is 98.5 Å². The standard InChI is InChI=1S/C19H19ClN2O5/c1-3-15(13-7-5-4-6-8-13)19(24)27-12(2)18(23)21-17-11-14(22(25)26)9-10-16(17)20/h4-12,15H,3H2,1-2H3,(H,21,23)/t12-,15+/m0/s1. The Labute approximate surface area is 161 Å². The zero-order valence-corrected chi connectivity index (χ0v) is 15.6. The van der Waals surface area contributed by atoms with E-state index in [2.05, 4.69) is 5.32 Å². The smallest absolute Gasteiger partial charge is 0.314 e. The van der Waals surface area contributed by atoms with Crippen LogP contribution in [-0.2, 0) is 14.3 Å². The SMILES string of the molecule is CC[C@@H](C(=O)O[C@@H](C)C(=O)Nc1cc([N+](=O)[O-])ccc1Cl)c1ccccc1. The second-order valence-electron chi connectivity index (χ2n) is 5.86. The number of carbonyl (C=O) groups excluding carboxylic acids is 2. The summed E-state index contributed by atoms with van der Waals surface area (Å²) in [6, 6.07) is 12.8. The normalized spacial score (nSPS) is 12.7. The highest BCUT2D eigenvalue weighted by Crippen LogP contribution is 2.27. The molecule has 0 heterocycles. The highest BCUT2D eigenvalue weighted by molar-refractivity contribution is 6.33. The van der Waals surface area contributed by atoms with Crippen LogP contribution in [0.4, 0.5) is 11.4 Å². The van der Waals surface area contributed by atoms with Crippen LogP contribution >= 0.6 is 11.6 Å². The minimum absolute atomic E-state index is 0.0777. The van der Waals surface area contributed by atoms with Crippen molar-refractivity contribution >= 4 is 34.9 Å². The van der Waals surface area contributed by atoms with Gasteiger partial charge in [-0.1, -0.05) is 48.9 Å². The molecule has 0 aromatic heterocycles. The molecule has 2 aromatic carbocycles. The van der Waals surface area contributed by atoms with Crippen molar-refractivity contribution < 1.29 is 19.2 Å². The van der Waals surface area contributed by atoms with E-state index < -0.39 is 28.8 Å². The summed E-state index contributed by atoms with van der Waals surface area (Å²) in [5, 5.41) is 13.4. The van der Waals surface area contributed by atoms with Crippen molar-refractivity contribution in [2.45, 2.75) is 32.3 Å². The van der Waals surface area contributed by atoms with E-state index in [0.29, 0.717) is 6.42 Å². The summed E-state index contributed by atoms with van der Waals surface area (Å²) in [7, 11) is 0. The Morgan fingerprint density at radius 3 is 2.48 bits per heavy atom. The summed E-state index contributed by atoms with van der Waals surface area (Å²) < 4.78 is 5.28. The van der Waals surface area contributed by atoms with Crippen LogP contribution in [0.25, 0.3) is 0 Å². The van der Waals surface area contributed by atoms with Gasteiger partial charge in [0, 0.05) is 12.1 Å². The Morgan fingerprint density at radius 1 is 1.22 bits per heavy atom. The third kappa shape index (κ3) is 5.27. The minimum atomic E-state index is -1.09. The van der Waals surface area contributed by atoms with E-state index in [0.717, 1.165) is 11.6 Å². The molecule has 1 amide bonds. The van der Waals surface area contributed by atoms with Gasteiger partial charge in [-0.3, -0.25) is 19.7 Å². The molecule has 0 spiro atoms. The van der Waals surface area contributed by atoms with E-state index in [1.807, 2.05) is 37.3 Å². The number of nitrogens with zero attached hydrogens (tertiary/aromatic N) is 1. The van der Waals surface area contributed by atoms with Crippen LogP contribution in [0.15, 0.2) is 48.5 Å². The number of carbonyl (C=O) groups is 2. The number of halogens is 1. The Hall–Kier alpha value is -2.93. The Bertz CT molecular complexity index is 841. The predicted molar refractivity (Wildman–Crippen MR) is 102 cm³/mol. The monoisotopic (exact) mass is 390 g/mol. The fourth-order valence-corrected chi connectivity index (χ4v) is 2.66. The number of nitro benzene ring substituents is 1. The number of benzene rings is 2. The lowest BCUT2D eigenvalue weighted by molar-refractivity contribution is -0.384. The molecule has 2 rings (SSSR count). The van der Waals surface area contributed by atoms with Gasteiger partial charge in [0.15, 0.2) is 6.10 Å². The first-order valence-corrected chi connectivity index (χ1v) is 8.71. The molecule has 0 radical (unpaired) electrons. The van der Waals surface area contributed by atoms with Gasteiger partial charge < -0.3 is 10.1 Å². The molecule has 0 saturated heterocycles. The zero-order valence-electron chi connectivity index (χ0n) is 14.8. The second kappa shape index (κ2) is 9.14. The first kappa shape index (κ1) is 20.4. The largest absolute Gasteiger partial charge is 0.452 e. The molecular weight excluding hydrogens is 372 g/mol. The number of hydrogen-bond donors (Lipinski definition) is 1. The first-order valence-electron chi connectivity index (χ1n) is 8.33. The summed E-state index contributed by atoms with van der Waals surface area (Å²) in [5.41, 5.74) is 0.669. The average Bonchev–Trinajstić information content (AvgIpc) is 2.64. The van der Waals surface area contributed by atoms with Crippen molar-refractivity contribution in [1.82, 2.24) is 0 Å². The molecule has 27 heavy (non-hydrogen) atoms. The van der Waals surface area contributed by atoms with E-state index in [1.165, 1.54) is 19.1 Å².